The Labute approximate surface area is 76.6 Å². The monoisotopic (exact) mass is 213 g/mol. The third-order valence-corrected chi connectivity index (χ3v) is 1.78. The normalized spacial score (nSPS) is 11.4. The number of alkyl halides is 3. The van der Waals surface area contributed by atoms with Crippen LogP contribution < -0.4 is 5.32 Å². The summed E-state index contributed by atoms with van der Waals surface area (Å²) in [6.07, 6.45) is -5.72. The van der Waals surface area contributed by atoms with Crippen LogP contribution in [0.3, 0.4) is 0 Å². The first-order valence-corrected chi connectivity index (χ1v) is 4.75. The summed E-state index contributed by atoms with van der Waals surface area (Å²) in [6, 6.07) is 0. The number of rotatable bonds is 5. The molecule has 0 unspecified atom stereocenters. The van der Waals surface area contributed by atoms with Crippen LogP contribution in [0.5, 0.6) is 0 Å². The van der Waals surface area contributed by atoms with Crippen LogP contribution in [-0.4, -0.2) is 34.6 Å². The maximum atomic E-state index is 11.6. The lowest BCUT2D eigenvalue weighted by Gasteiger charge is -2.06. The van der Waals surface area contributed by atoms with Crippen LogP contribution in [0.25, 0.3) is 0 Å². The predicted octanol–water partition coefficient (Wildman–Crippen LogP) is 0.668. The van der Waals surface area contributed by atoms with Gasteiger partial charge in [0.2, 0.25) is 5.91 Å². The van der Waals surface area contributed by atoms with Crippen molar-refractivity contribution < 1.29 is 22.4 Å². The highest BCUT2D eigenvalue weighted by Crippen LogP contribution is 2.18. The molecular weight excluding hydrogens is 203 g/mol. The summed E-state index contributed by atoms with van der Waals surface area (Å²) in [5.41, 5.74) is 0. The molecule has 0 aromatic carbocycles. The third kappa shape index (κ3) is 9.35. The van der Waals surface area contributed by atoms with Crippen molar-refractivity contribution in [1.29, 1.82) is 0 Å². The van der Waals surface area contributed by atoms with Crippen LogP contribution >= 0.6 is 0 Å². The van der Waals surface area contributed by atoms with Gasteiger partial charge in [0, 0.05) is 12.8 Å². The lowest BCUT2D eigenvalue weighted by atomic mass is 10.4. The molecule has 3 nitrogen and oxygen atoms in total. The smallest absolute Gasteiger partial charge is 0.397 e. The molecule has 0 fully saturated rings. The summed E-state index contributed by atoms with van der Waals surface area (Å²) in [5.74, 6) is -1.01. The molecule has 0 aliphatic heterocycles. The van der Waals surface area contributed by atoms with Gasteiger partial charge in [-0.2, -0.15) is 13.2 Å². The van der Waals surface area contributed by atoms with Crippen molar-refractivity contribution in [2.24, 2.45) is 0 Å². The minimum absolute atomic E-state index is 0.0122. The zero-order chi connectivity index (χ0) is 10.3. The Bertz CT molecular complexity index is 162. The van der Waals surface area contributed by atoms with Gasteiger partial charge in [0.15, 0.2) is 0 Å². The fourth-order valence-corrected chi connectivity index (χ4v) is 1.11. The Balaban J connectivity index is 3.41. The van der Waals surface area contributed by atoms with Crippen molar-refractivity contribution in [3.05, 3.63) is 0 Å². The van der Waals surface area contributed by atoms with E-state index in [0.29, 0.717) is 6.61 Å². The molecule has 0 aromatic rings. The molecular formula is C6H10F3NO2Si. The molecule has 0 aliphatic rings. The first-order valence-electron chi connectivity index (χ1n) is 3.64. The maximum absolute atomic E-state index is 11.6. The largest absolute Gasteiger partial charge is 0.416 e. The van der Waals surface area contributed by atoms with Gasteiger partial charge in [-0.15, -0.1) is 0 Å². The van der Waals surface area contributed by atoms with Crippen molar-refractivity contribution in [1.82, 2.24) is 5.32 Å². The van der Waals surface area contributed by atoms with Gasteiger partial charge in [0.05, 0.1) is 0 Å². The second-order valence-corrected chi connectivity index (χ2v) is 3.08. The Kier molecular flexibility index (Phi) is 5.72. The van der Waals surface area contributed by atoms with Gasteiger partial charge >= 0.3 is 6.18 Å². The summed E-state index contributed by atoms with van der Waals surface area (Å²) in [5, 5.41) is 2.10. The summed E-state index contributed by atoms with van der Waals surface area (Å²) in [4.78, 5) is 10.5. The average Bonchev–Trinajstić information content (AvgIpc) is 1.94. The summed E-state index contributed by atoms with van der Waals surface area (Å²) < 4.78 is 39.6. The highest BCUT2D eigenvalue weighted by Gasteiger charge is 2.30. The molecule has 1 amide bonds. The third-order valence-electron chi connectivity index (χ3n) is 0.965. The minimum atomic E-state index is -4.43. The number of amides is 1. The van der Waals surface area contributed by atoms with Gasteiger partial charge in [0.1, 0.15) is 6.42 Å². The molecule has 1 N–H and O–H groups in total. The number of carbonyl (C=O) groups excluding carboxylic acids is 1. The molecule has 0 aliphatic carbocycles. The summed E-state index contributed by atoms with van der Waals surface area (Å²) in [7, 11) is 0.0122. The Morgan fingerprint density at radius 1 is 1.54 bits per heavy atom. The molecule has 0 aromatic heterocycles. The van der Waals surface area contributed by atoms with E-state index in [4.69, 9.17) is 4.43 Å². The van der Waals surface area contributed by atoms with E-state index in [-0.39, 0.29) is 15.9 Å². The Hall–Kier alpha value is -0.563. The number of carbonyl (C=O) groups is 1. The van der Waals surface area contributed by atoms with E-state index in [0.717, 1.165) is 0 Å². The van der Waals surface area contributed by atoms with Crippen molar-refractivity contribution in [3.63, 3.8) is 0 Å². The molecule has 0 saturated heterocycles. The summed E-state index contributed by atoms with van der Waals surface area (Å²) in [6.45, 7) is 2.26. The molecule has 2 radical (unpaired) electrons. The number of halogens is 3. The van der Waals surface area contributed by atoms with Crippen LogP contribution in [-0.2, 0) is 9.22 Å². The lowest BCUT2D eigenvalue weighted by molar-refractivity contribution is -0.153. The topological polar surface area (TPSA) is 38.3 Å². The molecule has 0 spiro atoms. The van der Waals surface area contributed by atoms with Crippen LogP contribution in [0.15, 0.2) is 0 Å². The Morgan fingerprint density at radius 2 is 2.15 bits per heavy atom. The Morgan fingerprint density at radius 3 is 2.62 bits per heavy atom. The molecule has 0 saturated carbocycles. The number of nitrogens with one attached hydrogen (secondary N) is 1. The molecule has 0 heterocycles. The first-order chi connectivity index (χ1) is 5.95. The molecule has 76 valence electrons. The fourth-order valence-electron chi connectivity index (χ4n) is 0.532. The average molecular weight is 213 g/mol. The second-order valence-electron chi connectivity index (χ2n) is 2.15. The SMILES string of the molecule is CCO[Si]CNC(=O)CC(F)(F)F. The van der Waals surface area contributed by atoms with E-state index in [1.54, 1.807) is 6.92 Å². The van der Waals surface area contributed by atoms with E-state index in [9.17, 15) is 18.0 Å². The van der Waals surface area contributed by atoms with Crippen molar-refractivity contribution in [2.45, 2.75) is 19.5 Å². The molecule has 0 atom stereocenters. The molecule has 13 heavy (non-hydrogen) atoms. The van der Waals surface area contributed by atoms with Gasteiger partial charge < -0.3 is 9.74 Å². The standard InChI is InChI=1S/C6H10F3NO2Si/c1-2-12-13-4-10-5(11)3-6(7,8)9/h2-4H2,1H3,(H,10,11). The van der Waals surface area contributed by atoms with E-state index < -0.39 is 18.5 Å². The van der Waals surface area contributed by atoms with E-state index >= 15 is 0 Å². The van der Waals surface area contributed by atoms with Crippen molar-refractivity contribution >= 4 is 15.7 Å². The highest BCUT2D eigenvalue weighted by atomic mass is 28.2. The van der Waals surface area contributed by atoms with Gasteiger partial charge in [-0.05, 0) is 6.92 Å². The van der Waals surface area contributed by atoms with E-state index in [1.165, 1.54) is 0 Å². The van der Waals surface area contributed by atoms with Gasteiger partial charge in [0.25, 0.3) is 9.76 Å². The first kappa shape index (κ1) is 12.4. The zero-order valence-corrected chi connectivity index (χ0v) is 8.07. The number of hydrogen-bond donors (Lipinski definition) is 1. The maximum Gasteiger partial charge on any atom is 0.397 e. The molecule has 0 bridgehead atoms. The van der Waals surface area contributed by atoms with Gasteiger partial charge in [-0.25, -0.2) is 0 Å². The van der Waals surface area contributed by atoms with Crippen LogP contribution in [0.4, 0.5) is 13.2 Å². The van der Waals surface area contributed by atoms with Crippen LogP contribution in [0.2, 0.25) is 0 Å². The van der Waals surface area contributed by atoms with Gasteiger partial charge in [-0.3, -0.25) is 4.79 Å². The van der Waals surface area contributed by atoms with Crippen molar-refractivity contribution in [2.75, 3.05) is 12.8 Å². The van der Waals surface area contributed by atoms with Crippen LogP contribution in [0.1, 0.15) is 13.3 Å². The van der Waals surface area contributed by atoms with Gasteiger partial charge in [-0.1, -0.05) is 0 Å². The van der Waals surface area contributed by atoms with Crippen molar-refractivity contribution in [3.8, 4) is 0 Å². The summed E-state index contributed by atoms with van der Waals surface area (Å²) >= 11 is 0. The molecule has 0 rings (SSSR count). The fraction of sp³-hybridized carbons (Fsp3) is 0.833. The van der Waals surface area contributed by atoms with Crippen LogP contribution in [0, 0.1) is 0 Å². The highest BCUT2D eigenvalue weighted by molar-refractivity contribution is 6.27. The quantitative estimate of drug-likeness (QED) is 0.538. The lowest BCUT2D eigenvalue weighted by Crippen LogP contribution is -2.32. The second kappa shape index (κ2) is 5.98. The zero-order valence-electron chi connectivity index (χ0n) is 7.07. The minimum Gasteiger partial charge on any atom is -0.416 e. The number of hydrogen-bond acceptors (Lipinski definition) is 2. The predicted molar refractivity (Wildman–Crippen MR) is 41.1 cm³/mol. The molecule has 7 heteroatoms. The van der Waals surface area contributed by atoms with E-state index in [1.807, 2.05) is 0 Å². The van der Waals surface area contributed by atoms with E-state index in [2.05, 4.69) is 5.32 Å².